The van der Waals surface area contributed by atoms with Crippen LogP contribution < -0.4 is 0 Å². The van der Waals surface area contributed by atoms with Crippen LogP contribution in [0.4, 0.5) is 4.39 Å². The van der Waals surface area contributed by atoms with Crippen molar-refractivity contribution in [2.45, 2.75) is 25.6 Å². The minimum absolute atomic E-state index is 0.108. The quantitative estimate of drug-likeness (QED) is 0.302. The number of para-hydroxylation sites is 2. The lowest BCUT2D eigenvalue weighted by molar-refractivity contribution is -0.0258. The highest BCUT2D eigenvalue weighted by Gasteiger charge is 2.49. The minimum Gasteiger partial charge on any atom is -0.331 e. The van der Waals surface area contributed by atoms with E-state index in [2.05, 4.69) is 46.3 Å². The number of hydrogen-bond donors (Lipinski definition) is 1. The van der Waals surface area contributed by atoms with Crippen molar-refractivity contribution in [2.75, 3.05) is 13.1 Å². The average molecular weight is 600 g/mol. The molecule has 7 rings (SSSR count). The summed E-state index contributed by atoms with van der Waals surface area (Å²) in [5.41, 5.74) is 2.82. The summed E-state index contributed by atoms with van der Waals surface area (Å²) >= 11 is 3.56. The number of likely N-dealkylation sites (tertiary alicyclic amines) is 1. The number of carbonyl (C=O) groups is 1. The van der Waals surface area contributed by atoms with E-state index < -0.39 is 5.67 Å². The van der Waals surface area contributed by atoms with Crippen LogP contribution in [0, 0.1) is 6.92 Å². The summed E-state index contributed by atoms with van der Waals surface area (Å²) in [6.45, 7) is 3.61. The molecule has 4 aromatic heterocycles. The number of aromatic amines is 1. The monoisotopic (exact) mass is 599 g/mol. The van der Waals surface area contributed by atoms with E-state index in [4.69, 9.17) is 0 Å². The number of imidazole rings is 1. The van der Waals surface area contributed by atoms with Crippen molar-refractivity contribution in [3.8, 4) is 5.95 Å². The van der Waals surface area contributed by atoms with Crippen LogP contribution in [-0.2, 0) is 5.67 Å². The second-order valence-electron chi connectivity index (χ2n) is 10.1. The fourth-order valence-corrected chi connectivity index (χ4v) is 5.74. The molecule has 12 heteroatoms. The molecule has 200 valence electrons. The number of H-pyrrole nitrogens is 1. The molecule has 0 radical (unpaired) electrons. The summed E-state index contributed by atoms with van der Waals surface area (Å²) in [6, 6.07) is 17.1. The molecular formula is C28H23BrFN9O. The summed E-state index contributed by atoms with van der Waals surface area (Å²) in [6.07, 6.45) is 3.12. The minimum atomic E-state index is -1.76. The van der Waals surface area contributed by atoms with Crippen molar-refractivity contribution in [2.24, 2.45) is 0 Å². The number of hydrogen-bond acceptors (Lipinski definition) is 6. The zero-order valence-corrected chi connectivity index (χ0v) is 23.2. The predicted octanol–water partition coefficient (Wildman–Crippen LogP) is 4.89. The van der Waals surface area contributed by atoms with Crippen LogP contribution >= 0.6 is 15.9 Å². The number of halogens is 2. The predicted molar refractivity (Wildman–Crippen MR) is 150 cm³/mol. The summed E-state index contributed by atoms with van der Waals surface area (Å²) in [7, 11) is 0. The Labute approximate surface area is 236 Å². The highest BCUT2D eigenvalue weighted by molar-refractivity contribution is 9.10. The highest BCUT2D eigenvalue weighted by atomic mass is 79.9. The highest BCUT2D eigenvalue weighted by Crippen LogP contribution is 2.37. The van der Waals surface area contributed by atoms with Gasteiger partial charge in [-0.05, 0) is 43.7 Å². The van der Waals surface area contributed by atoms with Gasteiger partial charge >= 0.3 is 0 Å². The molecule has 2 aromatic carbocycles. The third kappa shape index (κ3) is 3.89. The van der Waals surface area contributed by atoms with Gasteiger partial charge in [-0.3, -0.25) is 4.79 Å². The summed E-state index contributed by atoms with van der Waals surface area (Å²) in [5, 5.41) is 13.6. The Morgan fingerprint density at radius 2 is 1.93 bits per heavy atom. The number of rotatable bonds is 5. The number of aryl methyl sites for hydroxylation is 1. The number of pyridine rings is 1. The molecule has 1 atom stereocenters. The van der Waals surface area contributed by atoms with Gasteiger partial charge in [0.25, 0.3) is 5.91 Å². The normalized spacial score (nSPS) is 15.4. The van der Waals surface area contributed by atoms with Crippen LogP contribution in [-0.4, -0.2) is 63.6 Å². The summed E-state index contributed by atoms with van der Waals surface area (Å²) in [5.74, 6) is 0.241. The van der Waals surface area contributed by atoms with Gasteiger partial charge in [0.2, 0.25) is 5.95 Å². The summed E-state index contributed by atoms with van der Waals surface area (Å²) in [4.78, 5) is 27.1. The Balaban J connectivity index is 1.10. The number of aromatic nitrogens is 8. The van der Waals surface area contributed by atoms with Crippen LogP contribution in [0.2, 0.25) is 0 Å². The molecule has 1 fully saturated rings. The van der Waals surface area contributed by atoms with Crippen LogP contribution in [0.5, 0.6) is 0 Å². The van der Waals surface area contributed by atoms with E-state index in [9.17, 15) is 4.79 Å². The first kappa shape index (κ1) is 24.6. The van der Waals surface area contributed by atoms with Gasteiger partial charge in [-0.15, -0.1) is 5.10 Å². The molecule has 5 heterocycles. The van der Waals surface area contributed by atoms with Gasteiger partial charge in [-0.1, -0.05) is 51.5 Å². The first-order valence-electron chi connectivity index (χ1n) is 12.8. The van der Waals surface area contributed by atoms with Crippen molar-refractivity contribution < 1.29 is 9.18 Å². The topological polar surface area (TPSA) is 110 Å². The number of nitrogens with one attached hydrogen (secondary N) is 1. The average Bonchev–Trinajstić information content (AvgIpc) is 3.68. The molecule has 0 bridgehead atoms. The molecule has 10 nitrogen and oxygen atoms in total. The molecule has 0 unspecified atom stereocenters. The largest absolute Gasteiger partial charge is 0.331 e. The van der Waals surface area contributed by atoms with Crippen LogP contribution in [0.3, 0.4) is 0 Å². The van der Waals surface area contributed by atoms with Gasteiger partial charge in [0.15, 0.2) is 11.3 Å². The molecule has 6 aromatic rings. The molecule has 1 aliphatic heterocycles. The standard InChI is InChI=1S/C28H23BrFN9O/c1-16-20-11-18(12-31-25(20)39(35-16)27-32-22-9-5-6-10-23(22)33-27)26(40)37-14-28(30,15-37)24-13-38(36-34-24)17(2)19-7-3-4-8-21(19)29/h3-13,17H,14-15H2,1-2H3,(H,32,33)/t17-/m0/s1. The number of carbonyl (C=O) groups excluding carboxylic acids is 1. The van der Waals surface area contributed by atoms with E-state index in [1.165, 1.54) is 11.1 Å². The maximum atomic E-state index is 15.8. The summed E-state index contributed by atoms with van der Waals surface area (Å²) < 4.78 is 20.0. The van der Waals surface area contributed by atoms with Gasteiger partial charge in [-0.25, -0.2) is 19.0 Å². The molecule has 0 spiro atoms. The number of fused-ring (bicyclic) bond motifs is 2. The number of nitrogens with zero attached hydrogens (tertiary/aromatic N) is 8. The zero-order chi connectivity index (χ0) is 27.6. The number of alkyl halides is 1. The molecule has 0 aliphatic carbocycles. The second kappa shape index (κ2) is 9.05. The van der Waals surface area contributed by atoms with Gasteiger partial charge in [0.1, 0.15) is 5.69 Å². The van der Waals surface area contributed by atoms with Crippen molar-refractivity contribution in [3.63, 3.8) is 0 Å². The maximum absolute atomic E-state index is 15.8. The second-order valence-corrected chi connectivity index (χ2v) is 10.9. The van der Waals surface area contributed by atoms with Gasteiger partial charge in [0.05, 0.1) is 47.6 Å². The zero-order valence-electron chi connectivity index (χ0n) is 21.6. The van der Waals surface area contributed by atoms with Gasteiger partial charge < -0.3 is 9.88 Å². The number of benzene rings is 2. The lowest BCUT2D eigenvalue weighted by Crippen LogP contribution is -2.59. The van der Waals surface area contributed by atoms with Crippen LogP contribution in [0.1, 0.15) is 40.3 Å². The first-order valence-corrected chi connectivity index (χ1v) is 13.6. The van der Waals surface area contributed by atoms with E-state index in [0.29, 0.717) is 22.9 Å². The lowest BCUT2D eigenvalue weighted by atomic mass is 9.92. The Morgan fingerprint density at radius 1 is 1.15 bits per heavy atom. The van der Waals surface area contributed by atoms with E-state index in [-0.39, 0.29) is 30.7 Å². The Bertz CT molecular complexity index is 1890. The SMILES string of the molecule is Cc1nn(-c2nc3ccccc3[nH]2)c2ncc(C(=O)N3CC(F)(c4cn([C@@H](C)c5ccccc5Br)nn4)C3)cc12. The van der Waals surface area contributed by atoms with Crippen molar-refractivity contribution in [1.29, 1.82) is 0 Å². The van der Waals surface area contributed by atoms with E-state index in [0.717, 1.165) is 26.5 Å². The van der Waals surface area contributed by atoms with E-state index in [1.54, 1.807) is 21.6 Å². The van der Waals surface area contributed by atoms with Crippen LogP contribution in [0.15, 0.2) is 71.5 Å². The molecule has 1 amide bonds. The third-order valence-electron chi connectivity index (χ3n) is 7.42. The van der Waals surface area contributed by atoms with Crippen LogP contribution in [0.25, 0.3) is 28.0 Å². The van der Waals surface area contributed by atoms with Crippen molar-refractivity contribution >= 4 is 43.9 Å². The maximum Gasteiger partial charge on any atom is 0.255 e. The Kier molecular flexibility index (Phi) is 5.56. The van der Waals surface area contributed by atoms with Gasteiger partial charge in [0, 0.05) is 16.1 Å². The molecule has 1 N–H and O–H groups in total. The molecule has 1 saturated heterocycles. The number of amides is 1. The fourth-order valence-electron chi connectivity index (χ4n) is 5.12. The molecule has 0 saturated carbocycles. The smallest absolute Gasteiger partial charge is 0.255 e. The first-order chi connectivity index (χ1) is 19.3. The van der Waals surface area contributed by atoms with E-state index in [1.807, 2.05) is 62.4 Å². The van der Waals surface area contributed by atoms with Gasteiger partial charge in [-0.2, -0.15) is 9.78 Å². The van der Waals surface area contributed by atoms with Crippen molar-refractivity contribution in [1.82, 2.24) is 44.6 Å². The fraction of sp³-hybridized carbons (Fsp3) is 0.214. The lowest BCUT2D eigenvalue weighted by Gasteiger charge is -2.43. The van der Waals surface area contributed by atoms with Crippen molar-refractivity contribution in [3.05, 3.63) is 94.0 Å². The Morgan fingerprint density at radius 3 is 2.73 bits per heavy atom. The molecular weight excluding hydrogens is 577 g/mol. The molecule has 40 heavy (non-hydrogen) atoms. The van der Waals surface area contributed by atoms with E-state index >= 15 is 4.39 Å². The Hall–Kier alpha value is -4.45. The third-order valence-corrected chi connectivity index (χ3v) is 8.15. The molecule has 1 aliphatic rings.